The first-order chi connectivity index (χ1) is 20.7. The van der Waals surface area contributed by atoms with E-state index in [1.807, 2.05) is 62.4 Å². The Labute approximate surface area is 249 Å². The van der Waals surface area contributed by atoms with Gasteiger partial charge in [-0.05, 0) is 59.4 Å². The zero-order valence-electron chi connectivity index (χ0n) is 24.1. The van der Waals surface area contributed by atoms with Crippen LogP contribution in [0, 0.1) is 17.8 Å². The highest BCUT2D eigenvalue weighted by Crippen LogP contribution is 2.61. The average molecular weight is 581 g/mol. The molecule has 0 spiro atoms. The first kappa shape index (κ1) is 28.3. The van der Waals surface area contributed by atoms with Crippen molar-refractivity contribution in [3.63, 3.8) is 0 Å². The summed E-state index contributed by atoms with van der Waals surface area (Å²) >= 11 is 0. The number of carbonyl (C=O) groups is 5. The van der Waals surface area contributed by atoms with Crippen LogP contribution in [0.25, 0.3) is 0 Å². The van der Waals surface area contributed by atoms with Gasteiger partial charge in [0, 0.05) is 17.5 Å². The number of anilines is 1. The molecule has 0 aromatic heterocycles. The van der Waals surface area contributed by atoms with E-state index in [1.54, 1.807) is 12.1 Å². The van der Waals surface area contributed by atoms with Crippen LogP contribution < -0.4 is 5.32 Å². The van der Waals surface area contributed by atoms with Crippen molar-refractivity contribution in [1.29, 1.82) is 0 Å². The Morgan fingerprint density at radius 1 is 0.744 bits per heavy atom. The fraction of sp³-hybridized carbons (Fsp3) is 0.324. The number of esters is 2. The van der Waals surface area contributed by atoms with Gasteiger partial charge < -0.3 is 14.8 Å². The van der Waals surface area contributed by atoms with Gasteiger partial charge in [0.05, 0.1) is 24.0 Å². The first-order valence-electron chi connectivity index (χ1n) is 14.5. The quantitative estimate of drug-likeness (QED) is 0.312. The van der Waals surface area contributed by atoms with E-state index >= 15 is 0 Å². The lowest BCUT2D eigenvalue weighted by atomic mass is 9.55. The predicted octanol–water partition coefficient (Wildman–Crippen LogP) is 4.26. The van der Waals surface area contributed by atoms with Crippen molar-refractivity contribution in [3.05, 3.63) is 101 Å². The molecule has 1 fully saturated rings. The van der Waals surface area contributed by atoms with Gasteiger partial charge in [-0.3, -0.25) is 19.3 Å². The Morgan fingerprint density at radius 3 is 1.70 bits per heavy atom. The highest BCUT2D eigenvalue weighted by atomic mass is 16.5. The number of amides is 3. The molecule has 43 heavy (non-hydrogen) atoms. The monoisotopic (exact) mass is 580 g/mol. The van der Waals surface area contributed by atoms with E-state index in [0.29, 0.717) is 17.9 Å². The molecule has 220 valence electrons. The molecule has 1 saturated heterocycles. The zero-order chi connectivity index (χ0) is 30.4. The molecule has 9 heteroatoms. The lowest BCUT2D eigenvalue weighted by molar-refractivity contribution is -0.159. The fourth-order valence-electron chi connectivity index (χ4n) is 6.66. The smallest absolute Gasteiger partial charge is 0.338 e. The number of hydrogen-bond donors (Lipinski definition) is 1. The molecular formula is C34H32N2O7. The third-order valence-electron chi connectivity index (χ3n) is 8.51. The molecule has 3 aliphatic carbocycles. The van der Waals surface area contributed by atoms with Crippen LogP contribution in [-0.2, 0) is 28.7 Å². The Kier molecular flexibility index (Phi) is 7.33. The van der Waals surface area contributed by atoms with Gasteiger partial charge in [0.15, 0.2) is 6.61 Å². The summed E-state index contributed by atoms with van der Waals surface area (Å²) in [6.45, 7) is 5.03. The van der Waals surface area contributed by atoms with Crippen LogP contribution in [0.15, 0.2) is 72.8 Å². The van der Waals surface area contributed by atoms with Crippen LogP contribution in [0.2, 0.25) is 0 Å². The number of ether oxygens (including phenoxy) is 2. The van der Waals surface area contributed by atoms with Crippen molar-refractivity contribution >= 4 is 35.3 Å². The molecular weight excluding hydrogens is 548 g/mol. The molecule has 3 aromatic rings. The summed E-state index contributed by atoms with van der Waals surface area (Å²) in [4.78, 5) is 66.3. The minimum atomic E-state index is -1.19. The molecule has 4 aliphatic rings. The Hall–Kier alpha value is -4.79. The largest absolute Gasteiger partial charge is 0.462 e. The van der Waals surface area contributed by atoms with Gasteiger partial charge in [0.25, 0.3) is 5.91 Å². The summed E-state index contributed by atoms with van der Waals surface area (Å²) in [7, 11) is 0. The lowest BCUT2D eigenvalue weighted by Crippen LogP contribution is -2.45. The van der Waals surface area contributed by atoms with Gasteiger partial charge >= 0.3 is 11.9 Å². The van der Waals surface area contributed by atoms with Crippen molar-refractivity contribution in [2.24, 2.45) is 17.8 Å². The van der Waals surface area contributed by atoms with E-state index in [1.165, 1.54) is 19.1 Å². The fourth-order valence-corrected chi connectivity index (χ4v) is 6.66. The molecule has 1 N–H and O–H groups in total. The number of nitrogens with one attached hydrogen (secondary N) is 1. The second-order valence-electron chi connectivity index (χ2n) is 11.7. The SMILES string of the molecule is CC(C)COC(=O)c1ccc(NC(=O)COC(=O)[C@H](C)N2C(=O)[C@@H]3C4c5ccccc5C(c5ccccc54)[C@H]3C2=O)cc1. The summed E-state index contributed by atoms with van der Waals surface area (Å²) in [5, 5.41) is 2.60. The van der Waals surface area contributed by atoms with E-state index < -0.39 is 54.1 Å². The number of rotatable bonds is 8. The van der Waals surface area contributed by atoms with Gasteiger partial charge in [-0.1, -0.05) is 62.4 Å². The number of hydrogen-bond acceptors (Lipinski definition) is 7. The van der Waals surface area contributed by atoms with Crippen LogP contribution in [0.3, 0.4) is 0 Å². The summed E-state index contributed by atoms with van der Waals surface area (Å²) < 4.78 is 10.4. The average Bonchev–Trinajstić information content (AvgIpc) is 3.28. The number of carbonyl (C=O) groups excluding carboxylic acids is 5. The predicted molar refractivity (Wildman–Crippen MR) is 156 cm³/mol. The maximum atomic E-state index is 13.8. The molecule has 9 nitrogen and oxygen atoms in total. The van der Waals surface area contributed by atoms with Crippen LogP contribution in [0.1, 0.15) is 65.2 Å². The normalized spacial score (nSPS) is 22.0. The maximum Gasteiger partial charge on any atom is 0.338 e. The molecule has 0 saturated carbocycles. The van der Waals surface area contributed by atoms with E-state index in [2.05, 4.69) is 5.32 Å². The minimum Gasteiger partial charge on any atom is -0.462 e. The lowest BCUT2D eigenvalue weighted by Gasteiger charge is -2.45. The van der Waals surface area contributed by atoms with Crippen LogP contribution in [-0.4, -0.2) is 53.8 Å². The standard InChI is InChI=1S/C34H32N2O7/c1-18(2)16-42-34(41)20-12-14-21(15-13-20)35-26(37)17-43-33(40)19(3)36-31(38)29-27-22-8-4-5-9-23(22)28(30(29)32(36)39)25-11-7-6-10-24(25)27/h4-15,18-19,27-30H,16-17H2,1-3H3,(H,35,37)/t19-,27?,28?,29+,30+/m0/s1. The highest BCUT2D eigenvalue weighted by Gasteiger charge is 2.62. The van der Waals surface area contributed by atoms with Gasteiger partial charge in [-0.25, -0.2) is 9.59 Å². The molecule has 3 atom stereocenters. The van der Waals surface area contributed by atoms with Crippen molar-refractivity contribution in [3.8, 4) is 0 Å². The second-order valence-corrected chi connectivity index (χ2v) is 11.7. The molecule has 0 unspecified atom stereocenters. The first-order valence-corrected chi connectivity index (χ1v) is 14.5. The molecule has 2 bridgehead atoms. The van der Waals surface area contributed by atoms with Gasteiger partial charge in [-0.15, -0.1) is 0 Å². The summed E-state index contributed by atoms with van der Waals surface area (Å²) in [6, 6.07) is 20.8. The Balaban J connectivity index is 1.11. The van der Waals surface area contributed by atoms with Gasteiger partial charge in [-0.2, -0.15) is 0 Å². The molecule has 1 heterocycles. The third kappa shape index (κ3) is 4.88. The number of imide groups is 1. The summed E-state index contributed by atoms with van der Waals surface area (Å²) in [5.41, 5.74) is 4.92. The third-order valence-corrected chi connectivity index (χ3v) is 8.51. The van der Waals surface area contributed by atoms with Crippen LogP contribution >= 0.6 is 0 Å². The van der Waals surface area contributed by atoms with Crippen molar-refractivity contribution in [2.45, 2.75) is 38.6 Å². The number of nitrogens with zero attached hydrogens (tertiary/aromatic N) is 1. The second kappa shape index (κ2) is 11.1. The van der Waals surface area contributed by atoms with Crippen molar-refractivity contribution in [2.75, 3.05) is 18.5 Å². The molecule has 1 aliphatic heterocycles. The Morgan fingerprint density at radius 2 is 1.23 bits per heavy atom. The highest BCUT2D eigenvalue weighted by molar-refractivity contribution is 6.10. The molecule has 3 amide bonds. The topological polar surface area (TPSA) is 119 Å². The van der Waals surface area contributed by atoms with E-state index in [0.717, 1.165) is 27.2 Å². The van der Waals surface area contributed by atoms with Gasteiger partial charge in [0.1, 0.15) is 6.04 Å². The molecule has 0 radical (unpaired) electrons. The van der Waals surface area contributed by atoms with Crippen molar-refractivity contribution < 1.29 is 33.4 Å². The minimum absolute atomic E-state index is 0.211. The zero-order valence-corrected chi connectivity index (χ0v) is 24.1. The van der Waals surface area contributed by atoms with E-state index in [4.69, 9.17) is 9.47 Å². The van der Waals surface area contributed by atoms with E-state index in [9.17, 15) is 24.0 Å². The van der Waals surface area contributed by atoms with Crippen LogP contribution in [0.4, 0.5) is 5.69 Å². The summed E-state index contributed by atoms with van der Waals surface area (Å²) in [5.74, 6) is -4.25. The number of likely N-dealkylation sites (tertiary alicyclic amines) is 1. The van der Waals surface area contributed by atoms with Gasteiger partial charge in [0.2, 0.25) is 11.8 Å². The van der Waals surface area contributed by atoms with Crippen molar-refractivity contribution in [1.82, 2.24) is 4.90 Å². The molecule has 7 rings (SSSR count). The molecule has 3 aromatic carbocycles. The van der Waals surface area contributed by atoms with Crippen LogP contribution in [0.5, 0.6) is 0 Å². The maximum absolute atomic E-state index is 13.8. The van der Waals surface area contributed by atoms with E-state index in [-0.39, 0.29) is 17.8 Å². The number of benzene rings is 3. The Bertz CT molecular complexity index is 1510. The summed E-state index contributed by atoms with van der Waals surface area (Å²) in [6.07, 6.45) is 0.